The van der Waals surface area contributed by atoms with E-state index in [9.17, 15) is 0 Å². The standard InChI is InChI=1S/C13H27NO/c1-4-11-8-6-7-9-12(11)13(14-3)10-15-5-2/h11-14H,4-10H2,1-3H3. The van der Waals surface area contributed by atoms with Gasteiger partial charge in [-0.05, 0) is 32.2 Å². The van der Waals surface area contributed by atoms with Crippen molar-refractivity contribution in [3.8, 4) is 0 Å². The summed E-state index contributed by atoms with van der Waals surface area (Å²) in [5, 5.41) is 3.45. The third-order valence-corrected chi connectivity index (χ3v) is 3.88. The zero-order chi connectivity index (χ0) is 11.1. The van der Waals surface area contributed by atoms with Gasteiger partial charge in [0.05, 0.1) is 6.61 Å². The minimum Gasteiger partial charge on any atom is -0.380 e. The Morgan fingerprint density at radius 3 is 2.60 bits per heavy atom. The Kier molecular flexibility index (Phi) is 6.26. The molecule has 3 unspecified atom stereocenters. The fourth-order valence-electron chi connectivity index (χ4n) is 2.94. The summed E-state index contributed by atoms with van der Waals surface area (Å²) in [5.41, 5.74) is 0. The van der Waals surface area contributed by atoms with Gasteiger partial charge in [0.1, 0.15) is 0 Å². The summed E-state index contributed by atoms with van der Waals surface area (Å²) in [4.78, 5) is 0. The van der Waals surface area contributed by atoms with Crippen LogP contribution in [0.4, 0.5) is 0 Å². The quantitative estimate of drug-likeness (QED) is 0.732. The minimum atomic E-state index is 0.565. The lowest BCUT2D eigenvalue weighted by Gasteiger charge is -2.36. The van der Waals surface area contributed by atoms with Gasteiger partial charge in [0.2, 0.25) is 0 Å². The Hall–Kier alpha value is -0.0800. The number of ether oxygens (including phenoxy) is 1. The molecule has 1 N–H and O–H groups in total. The molecule has 3 atom stereocenters. The monoisotopic (exact) mass is 213 g/mol. The van der Waals surface area contributed by atoms with Crippen LogP contribution in [0.1, 0.15) is 46.0 Å². The fourth-order valence-corrected chi connectivity index (χ4v) is 2.94. The van der Waals surface area contributed by atoms with Crippen LogP contribution in [0.25, 0.3) is 0 Å². The summed E-state index contributed by atoms with van der Waals surface area (Å²) < 4.78 is 5.57. The SMILES string of the molecule is CCOCC(NC)C1CCCCC1CC. The molecule has 2 heteroatoms. The summed E-state index contributed by atoms with van der Waals surface area (Å²) in [5.74, 6) is 1.75. The third kappa shape index (κ3) is 3.76. The van der Waals surface area contributed by atoms with E-state index in [0.717, 1.165) is 25.0 Å². The van der Waals surface area contributed by atoms with E-state index in [4.69, 9.17) is 4.74 Å². The van der Waals surface area contributed by atoms with Crippen LogP contribution in [0.15, 0.2) is 0 Å². The van der Waals surface area contributed by atoms with Crippen LogP contribution in [0.2, 0.25) is 0 Å². The van der Waals surface area contributed by atoms with E-state index in [0.29, 0.717) is 6.04 Å². The van der Waals surface area contributed by atoms with Crippen molar-refractivity contribution in [2.75, 3.05) is 20.3 Å². The second-order valence-electron chi connectivity index (χ2n) is 4.67. The summed E-state index contributed by atoms with van der Waals surface area (Å²) in [7, 11) is 2.07. The van der Waals surface area contributed by atoms with E-state index in [2.05, 4.69) is 26.2 Å². The summed E-state index contributed by atoms with van der Waals surface area (Å²) in [6.07, 6.45) is 6.98. The Labute approximate surface area is 94.8 Å². The van der Waals surface area contributed by atoms with Crippen LogP contribution < -0.4 is 5.32 Å². The largest absolute Gasteiger partial charge is 0.380 e. The van der Waals surface area contributed by atoms with Crippen molar-refractivity contribution >= 4 is 0 Å². The summed E-state index contributed by atoms with van der Waals surface area (Å²) >= 11 is 0. The average Bonchev–Trinajstić information content (AvgIpc) is 2.30. The summed E-state index contributed by atoms with van der Waals surface area (Å²) in [6, 6.07) is 0.565. The molecule has 90 valence electrons. The molecule has 0 bridgehead atoms. The lowest BCUT2D eigenvalue weighted by Crippen LogP contribution is -2.42. The maximum atomic E-state index is 5.57. The number of hydrogen-bond acceptors (Lipinski definition) is 2. The highest BCUT2D eigenvalue weighted by Gasteiger charge is 2.29. The molecule has 0 heterocycles. The zero-order valence-electron chi connectivity index (χ0n) is 10.6. The van der Waals surface area contributed by atoms with Gasteiger partial charge in [0, 0.05) is 12.6 Å². The molecular formula is C13H27NO. The fraction of sp³-hybridized carbons (Fsp3) is 1.00. The summed E-state index contributed by atoms with van der Waals surface area (Å²) in [6.45, 7) is 6.12. The highest BCUT2D eigenvalue weighted by Crippen LogP contribution is 2.34. The zero-order valence-corrected chi connectivity index (χ0v) is 10.6. The Morgan fingerprint density at radius 2 is 2.00 bits per heavy atom. The molecule has 2 nitrogen and oxygen atoms in total. The predicted octanol–water partition coefficient (Wildman–Crippen LogP) is 2.83. The van der Waals surface area contributed by atoms with Crippen molar-refractivity contribution in [2.45, 2.75) is 52.0 Å². The van der Waals surface area contributed by atoms with Crippen LogP contribution in [0.5, 0.6) is 0 Å². The lowest BCUT2D eigenvalue weighted by atomic mass is 9.74. The first-order valence-electron chi connectivity index (χ1n) is 6.58. The van der Waals surface area contributed by atoms with Crippen molar-refractivity contribution in [1.82, 2.24) is 5.32 Å². The molecule has 0 aromatic carbocycles. The van der Waals surface area contributed by atoms with Crippen LogP contribution in [0.3, 0.4) is 0 Å². The molecule has 0 saturated heterocycles. The Balaban J connectivity index is 2.47. The molecule has 0 amide bonds. The minimum absolute atomic E-state index is 0.565. The van der Waals surface area contributed by atoms with Gasteiger partial charge in [0.15, 0.2) is 0 Å². The Morgan fingerprint density at radius 1 is 1.27 bits per heavy atom. The molecule has 15 heavy (non-hydrogen) atoms. The van der Waals surface area contributed by atoms with Gasteiger partial charge in [-0.1, -0.05) is 32.6 Å². The predicted molar refractivity (Wildman–Crippen MR) is 65.1 cm³/mol. The van der Waals surface area contributed by atoms with E-state index in [-0.39, 0.29) is 0 Å². The number of hydrogen-bond donors (Lipinski definition) is 1. The normalized spacial score (nSPS) is 29.0. The molecule has 1 aliphatic carbocycles. The van der Waals surface area contributed by atoms with Crippen molar-refractivity contribution < 1.29 is 4.74 Å². The molecular weight excluding hydrogens is 186 g/mol. The van der Waals surface area contributed by atoms with E-state index in [1.807, 2.05) is 0 Å². The van der Waals surface area contributed by atoms with Gasteiger partial charge in [-0.15, -0.1) is 0 Å². The second kappa shape index (κ2) is 7.24. The van der Waals surface area contributed by atoms with Crippen molar-refractivity contribution in [1.29, 1.82) is 0 Å². The van der Waals surface area contributed by atoms with Crippen LogP contribution >= 0.6 is 0 Å². The maximum absolute atomic E-state index is 5.57. The Bertz CT molecular complexity index is 161. The molecule has 0 spiro atoms. The molecule has 0 radical (unpaired) electrons. The number of likely N-dealkylation sites (N-methyl/N-ethyl adjacent to an activating group) is 1. The molecule has 1 rings (SSSR count). The van der Waals surface area contributed by atoms with E-state index in [1.165, 1.54) is 32.1 Å². The molecule has 0 aromatic rings. The first-order chi connectivity index (χ1) is 7.33. The number of nitrogens with one attached hydrogen (secondary N) is 1. The van der Waals surface area contributed by atoms with Gasteiger partial charge < -0.3 is 10.1 Å². The van der Waals surface area contributed by atoms with Crippen molar-refractivity contribution in [3.05, 3.63) is 0 Å². The molecule has 0 aliphatic heterocycles. The second-order valence-corrected chi connectivity index (χ2v) is 4.67. The first-order valence-corrected chi connectivity index (χ1v) is 6.58. The van der Waals surface area contributed by atoms with Gasteiger partial charge in [0.25, 0.3) is 0 Å². The lowest BCUT2D eigenvalue weighted by molar-refractivity contribution is 0.0751. The molecule has 0 aromatic heterocycles. The van der Waals surface area contributed by atoms with Crippen molar-refractivity contribution in [3.63, 3.8) is 0 Å². The topological polar surface area (TPSA) is 21.3 Å². The van der Waals surface area contributed by atoms with Crippen LogP contribution in [0, 0.1) is 11.8 Å². The van der Waals surface area contributed by atoms with Crippen LogP contribution in [-0.4, -0.2) is 26.3 Å². The van der Waals surface area contributed by atoms with Crippen molar-refractivity contribution in [2.24, 2.45) is 11.8 Å². The number of rotatable bonds is 6. The van der Waals surface area contributed by atoms with Gasteiger partial charge in [-0.2, -0.15) is 0 Å². The first kappa shape index (κ1) is 13.0. The molecule has 1 aliphatic rings. The molecule has 1 fully saturated rings. The maximum Gasteiger partial charge on any atom is 0.0622 e. The van der Waals surface area contributed by atoms with E-state index < -0.39 is 0 Å². The highest BCUT2D eigenvalue weighted by molar-refractivity contribution is 4.83. The van der Waals surface area contributed by atoms with Gasteiger partial charge in [-0.3, -0.25) is 0 Å². The highest BCUT2D eigenvalue weighted by atomic mass is 16.5. The van der Waals surface area contributed by atoms with Gasteiger partial charge >= 0.3 is 0 Å². The van der Waals surface area contributed by atoms with Gasteiger partial charge in [-0.25, -0.2) is 0 Å². The average molecular weight is 213 g/mol. The van der Waals surface area contributed by atoms with E-state index in [1.54, 1.807) is 0 Å². The smallest absolute Gasteiger partial charge is 0.0622 e. The van der Waals surface area contributed by atoms with Crippen LogP contribution in [-0.2, 0) is 4.74 Å². The van der Waals surface area contributed by atoms with E-state index >= 15 is 0 Å². The molecule has 1 saturated carbocycles. The third-order valence-electron chi connectivity index (χ3n) is 3.88.